The minimum Gasteiger partial charge on any atom is -0.495 e. The Morgan fingerprint density at radius 1 is 1.10 bits per heavy atom. The lowest BCUT2D eigenvalue weighted by Crippen LogP contribution is -2.43. The fourth-order valence-corrected chi connectivity index (χ4v) is 4.11. The lowest BCUT2D eigenvalue weighted by atomic mass is 10.0. The van der Waals surface area contributed by atoms with Gasteiger partial charge in [0.15, 0.2) is 0 Å². The van der Waals surface area contributed by atoms with Crippen molar-refractivity contribution in [1.82, 2.24) is 24.8 Å². The number of nitrogens with one attached hydrogen (secondary N) is 1. The molecule has 1 N–H and O–H groups in total. The van der Waals surface area contributed by atoms with Gasteiger partial charge in [0.2, 0.25) is 0 Å². The van der Waals surface area contributed by atoms with Gasteiger partial charge in [0, 0.05) is 44.0 Å². The average molecular weight is 422 g/mol. The van der Waals surface area contributed by atoms with E-state index in [4.69, 9.17) is 4.74 Å². The van der Waals surface area contributed by atoms with Crippen molar-refractivity contribution in [3.63, 3.8) is 0 Å². The highest BCUT2D eigenvalue weighted by atomic mass is 16.5. The number of methoxy groups -OCH3 is 1. The molecule has 7 nitrogen and oxygen atoms in total. The molecule has 0 aliphatic carbocycles. The summed E-state index contributed by atoms with van der Waals surface area (Å²) >= 11 is 0. The number of rotatable bonds is 8. The smallest absolute Gasteiger partial charge is 0.251 e. The number of aryl methyl sites for hydroxylation is 1. The minimum atomic E-state index is 0.000646. The molecule has 1 fully saturated rings. The van der Waals surface area contributed by atoms with Gasteiger partial charge in [0.1, 0.15) is 5.75 Å². The van der Waals surface area contributed by atoms with Gasteiger partial charge in [0.25, 0.3) is 5.56 Å². The number of hydrogen-bond donors (Lipinski definition) is 1. The van der Waals surface area contributed by atoms with Crippen molar-refractivity contribution in [3.05, 3.63) is 64.3 Å². The van der Waals surface area contributed by atoms with Crippen molar-refractivity contribution < 1.29 is 4.74 Å². The molecular weight excluding hydrogens is 390 g/mol. The van der Waals surface area contributed by atoms with Gasteiger partial charge in [-0.05, 0) is 50.0 Å². The van der Waals surface area contributed by atoms with Crippen molar-refractivity contribution in [2.24, 2.45) is 0 Å². The molecule has 4 rings (SSSR count). The van der Waals surface area contributed by atoms with Crippen LogP contribution < -0.4 is 15.6 Å². The van der Waals surface area contributed by atoms with Crippen LogP contribution in [-0.4, -0.2) is 52.2 Å². The van der Waals surface area contributed by atoms with Crippen molar-refractivity contribution in [2.75, 3.05) is 26.7 Å². The Bertz CT molecular complexity index is 1060. The fraction of sp³-hybridized carbons (Fsp3) is 0.458. The van der Waals surface area contributed by atoms with E-state index in [1.807, 2.05) is 12.3 Å². The summed E-state index contributed by atoms with van der Waals surface area (Å²) in [5.41, 5.74) is 4.00. The van der Waals surface area contributed by atoms with Gasteiger partial charge in [0.05, 0.1) is 30.0 Å². The molecule has 164 valence electrons. The maximum atomic E-state index is 12.5. The predicted molar refractivity (Wildman–Crippen MR) is 122 cm³/mol. The second-order valence-electron chi connectivity index (χ2n) is 8.11. The Balaban J connectivity index is 1.29. The molecule has 1 aliphatic heterocycles. The zero-order chi connectivity index (χ0) is 21.6. The molecule has 0 spiro atoms. The highest BCUT2D eigenvalue weighted by molar-refractivity contribution is 5.75. The van der Waals surface area contributed by atoms with E-state index in [2.05, 4.69) is 39.2 Å². The van der Waals surface area contributed by atoms with Crippen molar-refractivity contribution in [2.45, 2.75) is 45.3 Å². The van der Waals surface area contributed by atoms with Crippen LogP contribution in [0.5, 0.6) is 5.75 Å². The molecule has 7 heteroatoms. The largest absolute Gasteiger partial charge is 0.495 e. The van der Waals surface area contributed by atoms with Crippen LogP contribution in [0.1, 0.15) is 31.0 Å². The summed E-state index contributed by atoms with van der Waals surface area (Å²) in [7, 11) is 1.61. The summed E-state index contributed by atoms with van der Waals surface area (Å²) in [6, 6.07) is 10.0. The number of piperidine rings is 1. The van der Waals surface area contributed by atoms with Crippen LogP contribution in [0.25, 0.3) is 11.0 Å². The molecule has 4 heterocycles. The van der Waals surface area contributed by atoms with Crippen molar-refractivity contribution >= 4 is 11.0 Å². The number of fused-ring (bicyclic) bond motifs is 1. The van der Waals surface area contributed by atoms with Gasteiger partial charge in [-0.1, -0.05) is 13.0 Å². The van der Waals surface area contributed by atoms with Crippen LogP contribution in [0.4, 0.5) is 0 Å². The first kappa shape index (κ1) is 21.5. The molecule has 0 atom stereocenters. The van der Waals surface area contributed by atoms with E-state index < -0.39 is 0 Å². The van der Waals surface area contributed by atoms with Crippen LogP contribution in [0.15, 0.2) is 47.5 Å². The highest BCUT2D eigenvalue weighted by Gasteiger charge is 2.19. The molecule has 31 heavy (non-hydrogen) atoms. The van der Waals surface area contributed by atoms with Crippen LogP contribution in [0.3, 0.4) is 0 Å². The van der Waals surface area contributed by atoms with Gasteiger partial charge in [-0.3, -0.25) is 14.8 Å². The normalized spacial score (nSPS) is 15.4. The Morgan fingerprint density at radius 2 is 1.94 bits per heavy atom. The van der Waals surface area contributed by atoms with Gasteiger partial charge < -0.3 is 19.5 Å². The Kier molecular flexibility index (Phi) is 6.94. The number of likely N-dealkylation sites (tertiary alicyclic amines) is 1. The van der Waals surface area contributed by atoms with Crippen LogP contribution in [0.2, 0.25) is 0 Å². The summed E-state index contributed by atoms with van der Waals surface area (Å²) < 4.78 is 7.10. The van der Waals surface area contributed by atoms with Gasteiger partial charge in [-0.15, -0.1) is 0 Å². The molecule has 0 saturated carbocycles. The average Bonchev–Trinajstić information content (AvgIpc) is 2.82. The van der Waals surface area contributed by atoms with E-state index in [1.165, 1.54) is 5.56 Å². The monoisotopic (exact) mass is 421 g/mol. The quantitative estimate of drug-likeness (QED) is 0.603. The van der Waals surface area contributed by atoms with E-state index in [-0.39, 0.29) is 5.56 Å². The molecule has 0 radical (unpaired) electrons. The molecule has 3 aromatic rings. The third kappa shape index (κ3) is 5.29. The molecule has 0 unspecified atom stereocenters. The molecule has 1 aliphatic rings. The fourth-order valence-electron chi connectivity index (χ4n) is 4.11. The predicted octanol–water partition coefficient (Wildman–Crippen LogP) is 2.62. The van der Waals surface area contributed by atoms with Crippen LogP contribution in [-0.2, 0) is 19.5 Å². The summed E-state index contributed by atoms with van der Waals surface area (Å²) in [4.78, 5) is 23.9. The lowest BCUT2D eigenvalue weighted by molar-refractivity contribution is 0.191. The number of ether oxygens (including phenoxy) is 1. The van der Waals surface area contributed by atoms with E-state index in [0.29, 0.717) is 18.3 Å². The Morgan fingerprint density at radius 3 is 2.65 bits per heavy atom. The zero-order valence-electron chi connectivity index (χ0n) is 18.4. The topological polar surface area (TPSA) is 72.3 Å². The number of aromatic nitrogens is 3. The first-order valence-electron chi connectivity index (χ1n) is 11.1. The van der Waals surface area contributed by atoms with Crippen LogP contribution in [0, 0.1) is 0 Å². The molecule has 0 bridgehead atoms. The molecular formula is C24H31N5O2. The van der Waals surface area contributed by atoms with Gasteiger partial charge in [-0.25, -0.2) is 0 Å². The van der Waals surface area contributed by atoms with Crippen molar-refractivity contribution in [1.29, 1.82) is 0 Å². The molecule has 1 saturated heterocycles. The standard InChI is InChI=1S/C24H31N5O2/c1-3-18-4-5-20(25-15-18)16-26-19-8-10-28(11-9-19)12-13-29-23-14-21(31-2)17-27-22(23)6-7-24(29)30/h4-7,14-15,17,19,26H,3,8-13,16H2,1-2H3. The second-order valence-corrected chi connectivity index (χ2v) is 8.11. The summed E-state index contributed by atoms with van der Waals surface area (Å²) in [5.74, 6) is 0.664. The zero-order valence-corrected chi connectivity index (χ0v) is 18.4. The van der Waals surface area contributed by atoms with E-state index in [1.54, 1.807) is 30.0 Å². The SMILES string of the molecule is CCc1ccc(CNC2CCN(CCn3c(=O)ccc4ncc(OC)cc43)CC2)nc1. The first-order chi connectivity index (χ1) is 15.2. The Hall–Kier alpha value is -2.77. The second kappa shape index (κ2) is 10.0. The van der Waals surface area contributed by atoms with E-state index >= 15 is 0 Å². The third-order valence-corrected chi connectivity index (χ3v) is 6.14. The Labute approximate surface area is 183 Å². The van der Waals surface area contributed by atoms with Gasteiger partial charge >= 0.3 is 0 Å². The number of pyridine rings is 3. The summed E-state index contributed by atoms with van der Waals surface area (Å²) in [5, 5.41) is 3.65. The lowest BCUT2D eigenvalue weighted by Gasteiger charge is -2.32. The maximum absolute atomic E-state index is 12.5. The minimum absolute atomic E-state index is 0.000646. The van der Waals surface area contributed by atoms with Crippen molar-refractivity contribution in [3.8, 4) is 5.75 Å². The first-order valence-corrected chi connectivity index (χ1v) is 11.1. The maximum Gasteiger partial charge on any atom is 0.251 e. The number of nitrogens with zero attached hydrogens (tertiary/aromatic N) is 4. The van der Waals surface area contributed by atoms with E-state index in [0.717, 1.165) is 62.2 Å². The molecule has 0 aromatic carbocycles. The number of hydrogen-bond acceptors (Lipinski definition) is 6. The highest BCUT2D eigenvalue weighted by Crippen LogP contribution is 2.17. The summed E-state index contributed by atoms with van der Waals surface area (Å²) in [6.07, 6.45) is 6.89. The molecule has 0 amide bonds. The molecule has 3 aromatic heterocycles. The van der Waals surface area contributed by atoms with E-state index in [9.17, 15) is 4.79 Å². The third-order valence-electron chi connectivity index (χ3n) is 6.14. The van der Waals surface area contributed by atoms with Gasteiger partial charge in [-0.2, -0.15) is 0 Å². The van der Waals surface area contributed by atoms with Crippen LogP contribution >= 0.6 is 0 Å². The summed E-state index contributed by atoms with van der Waals surface area (Å²) in [6.45, 7) is 6.52.